The average Bonchev–Trinajstić information content (AvgIpc) is 2.53. The Kier molecular flexibility index (Phi) is 6.09. The molecule has 2 rings (SSSR count). The summed E-state index contributed by atoms with van der Waals surface area (Å²) in [7, 11) is -2.40. The molecular weight excluding hydrogens is 321 g/mol. The highest BCUT2D eigenvalue weighted by Gasteiger charge is 2.18. The van der Waals surface area contributed by atoms with E-state index in [2.05, 4.69) is 5.32 Å². The van der Waals surface area contributed by atoms with Crippen molar-refractivity contribution in [1.82, 2.24) is 5.32 Å². The quantitative estimate of drug-likeness (QED) is 0.591. The summed E-state index contributed by atoms with van der Waals surface area (Å²) in [5.41, 5.74) is 0.703. The van der Waals surface area contributed by atoms with Crippen LogP contribution in [0.4, 0.5) is 4.39 Å². The lowest BCUT2D eigenvalue weighted by atomic mass is 10.2. The third kappa shape index (κ3) is 5.02. The Morgan fingerprint density at radius 1 is 1.09 bits per heavy atom. The van der Waals surface area contributed by atoms with E-state index in [1.807, 2.05) is 0 Å². The van der Waals surface area contributed by atoms with Crippen LogP contribution < -0.4 is 9.50 Å². The van der Waals surface area contributed by atoms with Crippen LogP contribution in [-0.2, 0) is 21.4 Å². The molecule has 0 bridgehead atoms. The summed E-state index contributed by atoms with van der Waals surface area (Å²) in [6, 6.07) is 11.3. The first-order valence-corrected chi connectivity index (χ1v) is 8.41. The van der Waals surface area contributed by atoms with E-state index in [1.54, 1.807) is 31.4 Å². The van der Waals surface area contributed by atoms with Crippen LogP contribution in [0.1, 0.15) is 5.56 Å². The van der Waals surface area contributed by atoms with Crippen LogP contribution in [0.15, 0.2) is 53.4 Å². The zero-order valence-corrected chi connectivity index (χ0v) is 13.5. The predicted molar refractivity (Wildman–Crippen MR) is 84.2 cm³/mol. The third-order valence-corrected chi connectivity index (χ3v) is 4.32. The fourth-order valence-electron chi connectivity index (χ4n) is 1.90. The topological polar surface area (TPSA) is 64.6 Å². The first kappa shape index (κ1) is 17.4. The molecule has 0 saturated carbocycles. The fraction of sp³-hybridized carbons (Fsp3) is 0.250. The van der Waals surface area contributed by atoms with E-state index in [4.69, 9.17) is 8.92 Å². The molecule has 2 aromatic carbocycles. The highest BCUT2D eigenvalue weighted by Crippen LogP contribution is 2.23. The van der Waals surface area contributed by atoms with Crippen molar-refractivity contribution >= 4 is 10.1 Å². The molecular formula is C16H18FNO4S. The van der Waals surface area contributed by atoms with Crippen molar-refractivity contribution in [2.75, 3.05) is 20.3 Å². The van der Waals surface area contributed by atoms with Crippen molar-refractivity contribution in [1.29, 1.82) is 0 Å². The summed E-state index contributed by atoms with van der Waals surface area (Å²) < 4.78 is 47.6. The van der Waals surface area contributed by atoms with Gasteiger partial charge in [-0.3, -0.25) is 0 Å². The molecule has 0 amide bonds. The Morgan fingerprint density at radius 2 is 1.78 bits per heavy atom. The molecule has 0 aliphatic heterocycles. The van der Waals surface area contributed by atoms with Gasteiger partial charge in [0.25, 0.3) is 0 Å². The molecule has 5 nitrogen and oxygen atoms in total. The molecule has 1 N–H and O–H groups in total. The second-order valence-corrected chi connectivity index (χ2v) is 6.31. The minimum atomic E-state index is -4.01. The number of hydrogen-bond donors (Lipinski definition) is 1. The molecule has 0 unspecified atom stereocenters. The Bertz CT molecular complexity index is 732. The number of benzene rings is 2. The van der Waals surface area contributed by atoms with Crippen molar-refractivity contribution in [3.8, 4) is 5.75 Å². The zero-order valence-electron chi connectivity index (χ0n) is 12.7. The molecule has 2 aromatic rings. The van der Waals surface area contributed by atoms with Crippen LogP contribution >= 0.6 is 0 Å². The van der Waals surface area contributed by atoms with Gasteiger partial charge in [0.15, 0.2) is 0 Å². The van der Waals surface area contributed by atoms with E-state index in [0.717, 1.165) is 12.1 Å². The van der Waals surface area contributed by atoms with Gasteiger partial charge in [-0.1, -0.05) is 18.2 Å². The number of halogens is 1. The highest BCUT2D eigenvalue weighted by molar-refractivity contribution is 7.87. The second-order valence-electron chi connectivity index (χ2n) is 4.77. The van der Waals surface area contributed by atoms with Gasteiger partial charge in [-0.15, -0.1) is 0 Å². The van der Waals surface area contributed by atoms with Crippen LogP contribution in [0.25, 0.3) is 0 Å². The lowest BCUT2D eigenvalue weighted by molar-refractivity contribution is 0.199. The lowest BCUT2D eigenvalue weighted by Gasteiger charge is -2.12. The molecule has 0 fully saturated rings. The van der Waals surface area contributed by atoms with Crippen LogP contribution in [0.5, 0.6) is 5.75 Å². The van der Waals surface area contributed by atoms with Gasteiger partial charge < -0.3 is 14.2 Å². The van der Waals surface area contributed by atoms with Gasteiger partial charge in [-0.2, -0.15) is 8.42 Å². The molecule has 0 aliphatic carbocycles. The molecule has 124 valence electrons. The van der Waals surface area contributed by atoms with Gasteiger partial charge in [-0.05, 0) is 30.3 Å². The average molecular weight is 339 g/mol. The van der Waals surface area contributed by atoms with Crippen molar-refractivity contribution in [3.63, 3.8) is 0 Å². The van der Waals surface area contributed by atoms with Gasteiger partial charge in [0, 0.05) is 25.8 Å². The minimum absolute atomic E-state index is 0.0963. The standard InChI is InChI=1S/C16H18FNO4S/c1-21-11-10-18-12-13-4-2-3-5-16(13)22-23(19,20)15-8-6-14(17)7-9-15/h2-9,18H,10-12H2,1H3. The fourth-order valence-corrected chi connectivity index (χ4v) is 2.86. The number of para-hydroxylation sites is 1. The zero-order chi connectivity index (χ0) is 16.7. The Hall–Kier alpha value is -1.96. The Balaban J connectivity index is 2.14. The maximum atomic E-state index is 12.9. The molecule has 7 heteroatoms. The van der Waals surface area contributed by atoms with E-state index in [0.29, 0.717) is 25.3 Å². The van der Waals surface area contributed by atoms with E-state index in [9.17, 15) is 12.8 Å². The number of rotatable bonds is 8. The van der Waals surface area contributed by atoms with Crippen LogP contribution in [0.2, 0.25) is 0 Å². The van der Waals surface area contributed by atoms with Crippen molar-refractivity contribution in [3.05, 3.63) is 59.9 Å². The van der Waals surface area contributed by atoms with Crippen LogP contribution in [0.3, 0.4) is 0 Å². The second kappa shape index (κ2) is 8.05. The number of nitrogens with one attached hydrogen (secondary N) is 1. The number of ether oxygens (including phenoxy) is 1. The van der Waals surface area contributed by atoms with E-state index >= 15 is 0 Å². The molecule has 23 heavy (non-hydrogen) atoms. The smallest absolute Gasteiger partial charge is 0.339 e. The Labute approximate surface area is 135 Å². The molecule has 0 heterocycles. The molecule has 0 radical (unpaired) electrons. The first-order chi connectivity index (χ1) is 11.0. The van der Waals surface area contributed by atoms with Gasteiger partial charge in [0.05, 0.1) is 6.61 Å². The SMILES string of the molecule is COCCNCc1ccccc1OS(=O)(=O)c1ccc(F)cc1. The van der Waals surface area contributed by atoms with E-state index in [-0.39, 0.29) is 10.6 Å². The summed E-state index contributed by atoms with van der Waals surface area (Å²) in [4.78, 5) is -0.0963. The van der Waals surface area contributed by atoms with Crippen molar-refractivity contribution in [2.24, 2.45) is 0 Å². The Morgan fingerprint density at radius 3 is 2.48 bits per heavy atom. The summed E-state index contributed by atoms with van der Waals surface area (Å²) in [5.74, 6) is -0.270. The lowest BCUT2D eigenvalue weighted by Crippen LogP contribution is -2.19. The summed E-state index contributed by atoms with van der Waals surface area (Å²) in [5, 5.41) is 3.13. The molecule has 0 aliphatic rings. The normalized spacial score (nSPS) is 11.4. The van der Waals surface area contributed by atoms with Crippen molar-refractivity contribution in [2.45, 2.75) is 11.4 Å². The van der Waals surface area contributed by atoms with E-state index < -0.39 is 15.9 Å². The molecule has 0 spiro atoms. The summed E-state index contributed by atoms with van der Waals surface area (Å²) in [6.45, 7) is 1.63. The maximum Gasteiger partial charge on any atom is 0.339 e. The molecule has 0 atom stereocenters. The number of methoxy groups -OCH3 is 1. The van der Waals surface area contributed by atoms with Gasteiger partial charge in [-0.25, -0.2) is 4.39 Å². The molecule has 0 aromatic heterocycles. The van der Waals surface area contributed by atoms with Gasteiger partial charge in [0.1, 0.15) is 16.5 Å². The molecule has 0 saturated heterocycles. The summed E-state index contributed by atoms with van der Waals surface area (Å²) >= 11 is 0. The summed E-state index contributed by atoms with van der Waals surface area (Å²) in [6.07, 6.45) is 0. The van der Waals surface area contributed by atoms with Crippen molar-refractivity contribution < 1.29 is 21.7 Å². The van der Waals surface area contributed by atoms with Gasteiger partial charge >= 0.3 is 10.1 Å². The van der Waals surface area contributed by atoms with Gasteiger partial charge in [0.2, 0.25) is 0 Å². The van der Waals surface area contributed by atoms with E-state index in [1.165, 1.54) is 12.1 Å². The van der Waals surface area contributed by atoms with Crippen LogP contribution in [-0.4, -0.2) is 28.7 Å². The monoisotopic (exact) mass is 339 g/mol. The minimum Gasteiger partial charge on any atom is -0.383 e. The number of hydrogen-bond acceptors (Lipinski definition) is 5. The maximum absolute atomic E-state index is 12.9. The first-order valence-electron chi connectivity index (χ1n) is 7.00. The third-order valence-electron chi connectivity index (χ3n) is 3.07. The predicted octanol–water partition coefficient (Wildman–Crippen LogP) is 2.33. The van der Waals surface area contributed by atoms with Crippen LogP contribution in [0, 0.1) is 5.82 Å². The largest absolute Gasteiger partial charge is 0.383 e. The highest BCUT2D eigenvalue weighted by atomic mass is 32.2.